The van der Waals surface area contributed by atoms with Gasteiger partial charge in [-0.3, -0.25) is 9.59 Å². The van der Waals surface area contributed by atoms with Gasteiger partial charge in [-0.25, -0.2) is 4.98 Å². The fourth-order valence-electron chi connectivity index (χ4n) is 2.88. The third-order valence-corrected chi connectivity index (χ3v) is 5.56. The number of thiazole rings is 1. The maximum absolute atomic E-state index is 12.8. The number of aryl methyl sites for hydroxylation is 1. The minimum atomic E-state index is -0.489. The number of nitrogens with zero attached hydrogens (tertiary/aromatic N) is 2. The normalized spacial score (nSPS) is 16.9. The van der Waals surface area contributed by atoms with Crippen LogP contribution >= 0.6 is 34.5 Å². The van der Waals surface area contributed by atoms with E-state index in [2.05, 4.69) is 10.3 Å². The largest absolute Gasteiger partial charge is 0.349 e. The highest BCUT2D eigenvalue weighted by Gasteiger charge is 2.35. The van der Waals surface area contributed by atoms with E-state index in [0.29, 0.717) is 35.1 Å². The lowest BCUT2D eigenvalue weighted by atomic mass is 10.1. The molecule has 1 atom stereocenters. The zero-order valence-corrected chi connectivity index (χ0v) is 15.9. The number of nitrogens with one attached hydrogen (secondary N) is 1. The smallest absolute Gasteiger partial charge is 0.256 e. The molecule has 8 heteroatoms. The number of halogens is 2. The zero-order chi connectivity index (χ0) is 18.0. The molecule has 1 aliphatic heterocycles. The van der Waals surface area contributed by atoms with Gasteiger partial charge < -0.3 is 10.2 Å². The van der Waals surface area contributed by atoms with E-state index in [0.717, 1.165) is 16.3 Å². The van der Waals surface area contributed by atoms with Gasteiger partial charge in [0.2, 0.25) is 5.91 Å². The SMILES string of the molecule is Cc1ncc(CNC(=O)[C@H]2CCCN2C(=O)c2cc(Cl)ccc2Cl)s1. The summed E-state index contributed by atoms with van der Waals surface area (Å²) in [5, 5.41) is 4.62. The van der Waals surface area contributed by atoms with Gasteiger partial charge in [-0.15, -0.1) is 11.3 Å². The van der Waals surface area contributed by atoms with Crippen LogP contribution < -0.4 is 5.32 Å². The Hall–Kier alpha value is -1.63. The Morgan fingerprint density at radius 2 is 2.20 bits per heavy atom. The van der Waals surface area contributed by atoms with Crippen LogP contribution in [-0.4, -0.2) is 34.3 Å². The van der Waals surface area contributed by atoms with Gasteiger partial charge in [0.15, 0.2) is 0 Å². The Bertz CT molecular complexity index is 809. The minimum Gasteiger partial charge on any atom is -0.349 e. The molecule has 132 valence electrons. The molecular weight excluding hydrogens is 381 g/mol. The molecule has 0 unspecified atom stereocenters. The van der Waals surface area contributed by atoms with E-state index >= 15 is 0 Å². The van der Waals surface area contributed by atoms with Gasteiger partial charge in [-0.05, 0) is 38.0 Å². The number of amides is 2. The van der Waals surface area contributed by atoms with Crippen LogP contribution in [-0.2, 0) is 11.3 Å². The average Bonchev–Trinajstić information content (AvgIpc) is 3.23. The van der Waals surface area contributed by atoms with E-state index in [1.165, 1.54) is 0 Å². The van der Waals surface area contributed by atoms with Crippen molar-refractivity contribution in [1.29, 1.82) is 0 Å². The van der Waals surface area contributed by atoms with Gasteiger partial charge >= 0.3 is 0 Å². The molecule has 1 fully saturated rings. The molecule has 2 amide bonds. The van der Waals surface area contributed by atoms with Crippen LogP contribution in [0.4, 0.5) is 0 Å². The van der Waals surface area contributed by atoms with Gasteiger partial charge in [0.1, 0.15) is 6.04 Å². The Kier molecular flexibility index (Phi) is 5.61. The van der Waals surface area contributed by atoms with Crippen molar-refractivity contribution in [2.75, 3.05) is 6.54 Å². The molecule has 0 saturated carbocycles. The predicted octanol–water partition coefficient (Wildman–Crippen LogP) is 3.68. The maximum Gasteiger partial charge on any atom is 0.256 e. The third kappa shape index (κ3) is 4.14. The quantitative estimate of drug-likeness (QED) is 0.855. The first kappa shape index (κ1) is 18.2. The highest BCUT2D eigenvalue weighted by atomic mass is 35.5. The second kappa shape index (κ2) is 7.72. The first-order valence-corrected chi connectivity index (χ1v) is 9.48. The van der Waals surface area contributed by atoms with Gasteiger partial charge in [0.25, 0.3) is 5.91 Å². The molecule has 0 radical (unpaired) electrons. The fourth-order valence-corrected chi connectivity index (χ4v) is 3.98. The molecule has 25 heavy (non-hydrogen) atoms. The molecule has 1 aromatic heterocycles. The number of hydrogen-bond acceptors (Lipinski definition) is 4. The number of benzene rings is 1. The standard InChI is InChI=1S/C17H17Cl2N3O2S/c1-10-20-8-12(25-10)9-21-16(23)15-3-2-6-22(15)17(24)13-7-11(18)4-5-14(13)19/h4-5,7-8,15H,2-3,6,9H2,1H3,(H,21,23)/t15-/m1/s1. The number of likely N-dealkylation sites (tertiary alicyclic amines) is 1. The average molecular weight is 398 g/mol. The van der Waals surface area contributed by atoms with E-state index in [1.807, 2.05) is 6.92 Å². The second-order valence-electron chi connectivity index (χ2n) is 5.84. The molecule has 0 aliphatic carbocycles. The van der Waals surface area contributed by atoms with Crippen LogP contribution in [0.25, 0.3) is 0 Å². The lowest BCUT2D eigenvalue weighted by molar-refractivity contribution is -0.125. The summed E-state index contributed by atoms with van der Waals surface area (Å²) >= 11 is 13.6. The van der Waals surface area contributed by atoms with Crippen molar-refractivity contribution in [3.05, 3.63) is 49.9 Å². The van der Waals surface area contributed by atoms with E-state index in [9.17, 15) is 9.59 Å². The molecular formula is C17H17Cl2N3O2S. The molecule has 0 bridgehead atoms. The molecule has 1 saturated heterocycles. The van der Waals surface area contributed by atoms with Crippen molar-refractivity contribution in [3.8, 4) is 0 Å². The number of carbonyl (C=O) groups is 2. The summed E-state index contributed by atoms with van der Waals surface area (Å²) in [5.41, 5.74) is 0.326. The predicted molar refractivity (Wildman–Crippen MR) is 99.2 cm³/mol. The lowest BCUT2D eigenvalue weighted by Gasteiger charge is -2.24. The van der Waals surface area contributed by atoms with Crippen LogP contribution in [0.5, 0.6) is 0 Å². The van der Waals surface area contributed by atoms with E-state index in [1.54, 1.807) is 40.6 Å². The summed E-state index contributed by atoms with van der Waals surface area (Å²) in [4.78, 5) is 32.1. The molecule has 1 N–H and O–H groups in total. The summed E-state index contributed by atoms with van der Waals surface area (Å²) in [7, 11) is 0. The fraction of sp³-hybridized carbons (Fsp3) is 0.353. The van der Waals surface area contributed by atoms with Crippen molar-refractivity contribution in [2.24, 2.45) is 0 Å². The number of rotatable bonds is 4. The number of aromatic nitrogens is 1. The van der Waals surface area contributed by atoms with Crippen LogP contribution in [0.3, 0.4) is 0 Å². The van der Waals surface area contributed by atoms with E-state index in [-0.39, 0.29) is 11.8 Å². The Morgan fingerprint density at radius 1 is 1.40 bits per heavy atom. The monoisotopic (exact) mass is 397 g/mol. The molecule has 0 spiro atoms. The Morgan fingerprint density at radius 3 is 2.92 bits per heavy atom. The maximum atomic E-state index is 12.8. The zero-order valence-electron chi connectivity index (χ0n) is 13.6. The summed E-state index contributed by atoms with van der Waals surface area (Å²) in [5.74, 6) is -0.422. The van der Waals surface area contributed by atoms with Crippen molar-refractivity contribution < 1.29 is 9.59 Å². The van der Waals surface area contributed by atoms with E-state index < -0.39 is 6.04 Å². The topological polar surface area (TPSA) is 62.3 Å². The molecule has 3 rings (SSSR count). The molecule has 2 aromatic rings. The Balaban J connectivity index is 1.70. The molecule has 1 aromatic carbocycles. The first-order chi connectivity index (χ1) is 12.0. The first-order valence-electron chi connectivity index (χ1n) is 7.91. The number of hydrogen-bond donors (Lipinski definition) is 1. The van der Waals surface area contributed by atoms with Gasteiger partial charge in [-0.2, -0.15) is 0 Å². The summed E-state index contributed by atoms with van der Waals surface area (Å²) in [6, 6.07) is 4.27. The molecule has 1 aliphatic rings. The summed E-state index contributed by atoms with van der Waals surface area (Å²) in [6.45, 7) is 2.86. The lowest BCUT2D eigenvalue weighted by Crippen LogP contribution is -2.45. The summed E-state index contributed by atoms with van der Waals surface area (Å²) < 4.78 is 0. The van der Waals surface area contributed by atoms with Crippen LogP contribution in [0.15, 0.2) is 24.4 Å². The van der Waals surface area contributed by atoms with E-state index in [4.69, 9.17) is 23.2 Å². The second-order valence-corrected chi connectivity index (χ2v) is 8.01. The summed E-state index contributed by atoms with van der Waals surface area (Å²) in [6.07, 6.45) is 3.17. The highest BCUT2D eigenvalue weighted by molar-refractivity contribution is 7.11. The highest BCUT2D eigenvalue weighted by Crippen LogP contribution is 2.26. The van der Waals surface area contributed by atoms with Crippen LogP contribution in [0.2, 0.25) is 10.0 Å². The van der Waals surface area contributed by atoms with Gasteiger partial charge in [0.05, 0.1) is 22.1 Å². The number of carbonyl (C=O) groups excluding carboxylic acids is 2. The van der Waals surface area contributed by atoms with Gasteiger partial charge in [-0.1, -0.05) is 23.2 Å². The van der Waals surface area contributed by atoms with Crippen LogP contribution in [0.1, 0.15) is 33.1 Å². The minimum absolute atomic E-state index is 0.157. The molecule has 5 nitrogen and oxygen atoms in total. The van der Waals surface area contributed by atoms with Crippen LogP contribution in [0, 0.1) is 6.92 Å². The molecule has 2 heterocycles. The van der Waals surface area contributed by atoms with Crippen molar-refractivity contribution >= 4 is 46.4 Å². The Labute approximate surface area is 160 Å². The van der Waals surface area contributed by atoms with Gasteiger partial charge in [0, 0.05) is 22.6 Å². The van der Waals surface area contributed by atoms with Crippen molar-refractivity contribution in [3.63, 3.8) is 0 Å². The van der Waals surface area contributed by atoms with Crippen molar-refractivity contribution in [2.45, 2.75) is 32.4 Å². The van der Waals surface area contributed by atoms with Crippen molar-refractivity contribution in [1.82, 2.24) is 15.2 Å². The third-order valence-electron chi connectivity index (χ3n) is 4.08.